The normalized spacial score (nSPS) is 20.1. The molecule has 6 nitrogen and oxygen atoms in total. The van der Waals surface area contributed by atoms with Crippen LogP contribution in [-0.2, 0) is 6.54 Å². The molecule has 0 bridgehead atoms. The molecule has 0 fully saturated rings. The second-order valence-corrected chi connectivity index (χ2v) is 8.57. The third-order valence-electron chi connectivity index (χ3n) is 5.48. The van der Waals surface area contributed by atoms with Crippen molar-refractivity contribution in [3.8, 4) is 5.88 Å². The summed E-state index contributed by atoms with van der Waals surface area (Å²) in [4.78, 5) is 21.6. The first-order chi connectivity index (χ1) is 13.7. The summed E-state index contributed by atoms with van der Waals surface area (Å²) < 4.78 is 5.88. The summed E-state index contributed by atoms with van der Waals surface area (Å²) in [5.41, 5.74) is 1.66. The number of aliphatic hydroxyl groups is 1. The minimum atomic E-state index is -0.712. The Morgan fingerprint density at radius 3 is 2.55 bits per heavy atom. The van der Waals surface area contributed by atoms with E-state index in [4.69, 9.17) is 4.74 Å². The van der Waals surface area contributed by atoms with E-state index in [9.17, 15) is 9.90 Å². The predicted octanol–water partition coefficient (Wildman–Crippen LogP) is 2.92. The highest BCUT2D eigenvalue weighted by Gasteiger charge is 2.41. The zero-order chi connectivity index (χ0) is 21.2. The Bertz CT molecular complexity index is 852. The van der Waals surface area contributed by atoms with Gasteiger partial charge in [0.2, 0.25) is 5.88 Å². The molecule has 0 spiro atoms. The largest absolute Gasteiger partial charge is 0.469 e. The molecule has 29 heavy (non-hydrogen) atoms. The molecule has 0 saturated heterocycles. The number of rotatable bonds is 6. The van der Waals surface area contributed by atoms with E-state index >= 15 is 0 Å². The lowest BCUT2D eigenvalue weighted by Gasteiger charge is -2.40. The third-order valence-corrected chi connectivity index (χ3v) is 5.48. The number of benzene rings is 1. The molecule has 6 heteroatoms. The molecule has 1 aliphatic heterocycles. The molecule has 1 amide bonds. The molecule has 0 radical (unpaired) electrons. The number of hydrogen-bond acceptors (Lipinski definition) is 5. The summed E-state index contributed by atoms with van der Waals surface area (Å²) in [6, 6.07) is 11.8. The molecule has 156 valence electrons. The molecule has 2 heterocycles. The Hall–Kier alpha value is -2.44. The average molecular weight is 398 g/mol. The van der Waals surface area contributed by atoms with Gasteiger partial charge < -0.3 is 19.6 Å². The molecule has 1 aliphatic rings. The fraction of sp³-hybridized carbons (Fsp3) is 0.478. The number of pyridine rings is 1. The summed E-state index contributed by atoms with van der Waals surface area (Å²) in [6.07, 6.45) is 0.909. The van der Waals surface area contributed by atoms with Crippen molar-refractivity contribution in [1.29, 1.82) is 0 Å². The fourth-order valence-electron chi connectivity index (χ4n) is 3.64. The van der Waals surface area contributed by atoms with Crippen LogP contribution in [-0.4, -0.2) is 64.7 Å². The number of carbonyl (C=O) groups is 1. The topological polar surface area (TPSA) is 65.9 Å². The lowest BCUT2D eigenvalue weighted by molar-refractivity contribution is -0.0579. The first-order valence-electron chi connectivity index (χ1n) is 10.0. The number of amides is 1. The van der Waals surface area contributed by atoms with Crippen LogP contribution in [0.4, 0.5) is 0 Å². The highest BCUT2D eigenvalue weighted by Crippen LogP contribution is 2.39. The van der Waals surface area contributed by atoms with Gasteiger partial charge in [0, 0.05) is 37.3 Å². The molecule has 0 aliphatic carbocycles. The zero-order valence-corrected chi connectivity index (χ0v) is 17.9. The van der Waals surface area contributed by atoms with Crippen LogP contribution in [0.3, 0.4) is 0 Å². The van der Waals surface area contributed by atoms with Crippen molar-refractivity contribution in [1.82, 2.24) is 14.8 Å². The highest BCUT2D eigenvalue weighted by molar-refractivity contribution is 5.94. The maximum Gasteiger partial charge on any atom is 0.255 e. The average Bonchev–Trinajstić information content (AvgIpc) is 2.69. The highest BCUT2D eigenvalue weighted by atomic mass is 16.5. The van der Waals surface area contributed by atoms with Crippen molar-refractivity contribution in [2.24, 2.45) is 0 Å². The van der Waals surface area contributed by atoms with Gasteiger partial charge in [0.15, 0.2) is 0 Å². The Morgan fingerprint density at radius 1 is 1.21 bits per heavy atom. The first-order valence-corrected chi connectivity index (χ1v) is 10.0. The van der Waals surface area contributed by atoms with Crippen molar-refractivity contribution in [3.05, 3.63) is 59.3 Å². The Morgan fingerprint density at radius 2 is 1.90 bits per heavy atom. The van der Waals surface area contributed by atoms with Gasteiger partial charge in [-0.05, 0) is 39.6 Å². The van der Waals surface area contributed by atoms with Gasteiger partial charge in [0.25, 0.3) is 5.91 Å². The summed E-state index contributed by atoms with van der Waals surface area (Å²) in [5, 5.41) is 10.6. The van der Waals surface area contributed by atoms with Crippen LogP contribution in [0.1, 0.15) is 48.2 Å². The monoisotopic (exact) mass is 397 g/mol. The standard InChI is InChI=1S/C23H31N3O3/c1-16-19-13-18(14-24-21(19)29-23(2,3)20(16)27)22(28)26(12-11-25(4)5)15-17-9-7-6-8-10-17/h6-10,13-14,16,20,27H,11-12,15H2,1-5H3/t16-,20+/m1/s1. The van der Waals surface area contributed by atoms with E-state index < -0.39 is 11.7 Å². The van der Waals surface area contributed by atoms with Gasteiger partial charge >= 0.3 is 0 Å². The molecule has 0 saturated carbocycles. The summed E-state index contributed by atoms with van der Waals surface area (Å²) in [6.45, 7) is 7.55. The second kappa shape index (κ2) is 8.51. The number of carbonyl (C=O) groups excluding carboxylic acids is 1. The van der Waals surface area contributed by atoms with Crippen LogP contribution < -0.4 is 4.74 Å². The van der Waals surface area contributed by atoms with E-state index in [1.54, 1.807) is 6.20 Å². The smallest absolute Gasteiger partial charge is 0.255 e. The van der Waals surface area contributed by atoms with E-state index in [1.165, 1.54) is 0 Å². The fourth-order valence-corrected chi connectivity index (χ4v) is 3.64. The number of hydrogen-bond donors (Lipinski definition) is 1. The van der Waals surface area contributed by atoms with Crippen LogP contribution >= 0.6 is 0 Å². The van der Waals surface area contributed by atoms with E-state index in [1.807, 2.05) is 76.2 Å². The summed E-state index contributed by atoms with van der Waals surface area (Å²) in [7, 11) is 3.99. The van der Waals surface area contributed by atoms with Gasteiger partial charge in [0.05, 0.1) is 11.7 Å². The SMILES string of the molecule is C[C@@H]1c2cc(C(=O)N(CCN(C)C)Cc3ccccc3)cnc2OC(C)(C)[C@H]1O. The minimum absolute atomic E-state index is 0.0717. The van der Waals surface area contributed by atoms with Gasteiger partial charge in [-0.15, -0.1) is 0 Å². The van der Waals surface area contributed by atoms with Crippen LogP contribution in [0.25, 0.3) is 0 Å². The van der Waals surface area contributed by atoms with Crippen LogP contribution in [0.2, 0.25) is 0 Å². The lowest BCUT2D eigenvalue weighted by Crippen LogP contribution is -2.48. The molecular weight excluding hydrogens is 366 g/mol. The quantitative estimate of drug-likeness (QED) is 0.812. The second-order valence-electron chi connectivity index (χ2n) is 8.57. The first kappa shape index (κ1) is 21.3. The summed E-state index contributed by atoms with van der Waals surface area (Å²) in [5.74, 6) is 0.253. The van der Waals surface area contributed by atoms with E-state index in [-0.39, 0.29) is 11.8 Å². The van der Waals surface area contributed by atoms with Crippen LogP contribution in [0.15, 0.2) is 42.6 Å². The van der Waals surface area contributed by atoms with Gasteiger partial charge in [-0.3, -0.25) is 4.79 Å². The minimum Gasteiger partial charge on any atom is -0.469 e. The summed E-state index contributed by atoms with van der Waals surface area (Å²) >= 11 is 0. The number of likely N-dealkylation sites (N-methyl/N-ethyl adjacent to an activating group) is 1. The Balaban J connectivity index is 1.87. The van der Waals surface area contributed by atoms with Crippen molar-refractivity contribution in [2.45, 2.75) is 44.9 Å². The van der Waals surface area contributed by atoms with Gasteiger partial charge in [-0.25, -0.2) is 4.98 Å². The van der Waals surface area contributed by atoms with Crippen LogP contribution in [0.5, 0.6) is 5.88 Å². The third kappa shape index (κ3) is 4.77. The van der Waals surface area contributed by atoms with Gasteiger partial charge in [0.1, 0.15) is 5.60 Å². The van der Waals surface area contributed by atoms with E-state index in [2.05, 4.69) is 9.88 Å². The van der Waals surface area contributed by atoms with E-state index in [0.717, 1.165) is 17.7 Å². The number of aliphatic hydroxyl groups excluding tert-OH is 1. The maximum atomic E-state index is 13.3. The molecule has 2 atom stereocenters. The molecular formula is C23H31N3O3. The van der Waals surface area contributed by atoms with Crippen LogP contribution in [0, 0.1) is 0 Å². The molecule has 1 aromatic carbocycles. The number of nitrogens with zero attached hydrogens (tertiary/aromatic N) is 3. The molecule has 2 aromatic rings. The molecule has 0 unspecified atom stereocenters. The Labute approximate surface area is 173 Å². The van der Waals surface area contributed by atoms with E-state index in [0.29, 0.717) is 24.5 Å². The maximum absolute atomic E-state index is 13.3. The number of ether oxygens (including phenoxy) is 1. The number of aromatic nitrogens is 1. The lowest BCUT2D eigenvalue weighted by atomic mass is 9.83. The van der Waals surface area contributed by atoms with Crippen molar-refractivity contribution < 1.29 is 14.6 Å². The number of fused-ring (bicyclic) bond motifs is 1. The molecule has 3 rings (SSSR count). The van der Waals surface area contributed by atoms with Crippen molar-refractivity contribution in [3.63, 3.8) is 0 Å². The Kier molecular flexibility index (Phi) is 6.24. The van der Waals surface area contributed by atoms with Crippen molar-refractivity contribution >= 4 is 5.91 Å². The molecule has 1 aromatic heterocycles. The van der Waals surface area contributed by atoms with Gasteiger partial charge in [-0.1, -0.05) is 37.3 Å². The zero-order valence-electron chi connectivity index (χ0n) is 17.9. The molecule has 1 N–H and O–H groups in total. The van der Waals surface area contributed by atoms with Gasteiger partial charge in [-0.2, -0.15) is 0 Å². The van der Waals surface area contributed by atoms with Crippen molar-refractivity contribution in [2.75, 3.05) is 27.2 Å². The predicted molar refractivity (Wildman–Crippen MR) is 113 cm³/mol.